The molecule has 24 heavy (non-hydrogen) atoms. The van der Waals surface area contributed by atoms with Crippen molar-refractivity contribution >= 4 is 17.9 Å². The van der Waals surface area contributed by atoms with E-state index in [1.807, 2.05) is 67.6 Å². The summed E-state index contributed by atoms with van der Waals surface area (Å²) in [5.74, 6) is 0. The van der Waals surface area contributed by atoms with E-state index < -0.39 is 12.8 Å². The second-order valence-electron chi connectivity index (χ2n) is 6.29. The fraction of sp³-hybridized carbons (Fsp3) is 0.350. The first-order valence-electron chi connectivity index (χ1n) is 8.46. The van der Waals surface area contributed by atoms with Gasteiger partial charge in [-0.05, 0) is 37.6 Å². The number of hydrogen-bond donors (Lipinski definition) is 1. The van der Waals surface area contributed by atoms with Crippen LogP contribution in [0.3, 0.4) is 0 Å². The summed E-state index contributed by atoms with van der Waals surface area (Å²) in [5.41, 5.74) is -0.823. The van der Waals surface area contributed by atoms with E-state index in [2.05, 4.69) is 18.1 Å². The molecule has 0 saturated carbocycles. The molecule has 0 aliphatic rings. The van der Waals surface area contributed by atoms with Crippen LogP contribution in [0, 0.1) is 11.3 Å². The molecule has 3 nitrogen and oxygen atoms in total. The largest absolute Gasteiger partial charge is 0.296 e. The molecule has 0 aliphatic carbocycles. The highest BCUT2D eigenvalue weighted by Crippen LogP contribution is 2.42. The summed E-state index contributed by atoms with van der Waals surface area (Å²) in [7, 11) is -3.08. The highest BCUT2D eigenvalue weighted by Gasteiger charge is 2.36. The predicted octanol–water partition coefficient (Wildman–Crippen LogP) is 4.37. The zero-order valence-electron chi connectivity index (χ0n) is 14.4. The molecule has 0 aliphatic heterocycles. The van der Waals surface area contributed by atoms with Crippen LogP contribution in [-0.2, 0) is 4.57 Å². The van der Waals surface area contributed by atoms with Crippen LogP contribution >= 0.6 is 7.29 Å². The second kappa shape index (κ2) is 8.29. The third kappa shape index (κ3) is 4.35. The molecule has 0 bridgehead atoms. The maximum Gasteiger partial charge on any atom is 0.205 e. The van der Waals surface area contributed by atoms with E-state index >= 15 is 0 Å². The molecule has 2 aromatic carbocycles. The molecule has 2 aromatic rings. The number of nitrogens with zero attached hydrogens (tertiary/aromatic N) is 1. The van der Waals surface area contributed by atoms with Gasteiger partial charge in [-0.25, -0.2) is 5.09 Å². The zero-order valence-corrected chi connectivity index (χ0v) is 15.3. The number of benzene rings is 2. The first-order valence-corrected chi connectivity index (χ1v) is 10.2. The van der Waals surface area contributed by atoms with Crippen molar-refractivity contribution < 1.29 is 4.57 Å². The Hall–Kier alpha value is -1.88. The Labute approximate surface area is 145 Å². The van der Waals surface area contributed by atoms with Crippen LogP contribution in [0.4, 0.5) is 0 Å². The summed E-state index contributed by atoms with van der Waals surface area (Å²) >= 11 is 0. The van der Waals surface area contributed by atoms with E-state index in [0.717, 1.165) is 29.9 Å². The average Bonchev–Trinajstić information content (AvgIpc) is 2.63. The Bertz CT molecular complexity index is 681. The number of rotatable bonds is 8. The van der Waals surface area contributed by atoms with Gasteiger partial charge in [0.1, 0.15) is 5.54 Å². The molecule has 0 amide bonds. The van der Waals surface area contributed by atoms with Crippen LogP contribution in [0.1, 0.15) is 39.5 Å². The maximum absolute atomic E-state index is 14.0. The molecule has 2 rings (SSSR count). The lowest BCUT2D eigenvalue weighted by molar-refractivity contribution is 0.460. The SMILES string of the molecule is CCCCC[C@@](C)(C#N)NP(=O)(c1ccccc1)c1ccccc1. The van der Waals surface area contributed by atoms with Crippen molar-refractivity contribution in [3.05, 3.63) is 60.7 Å². The lowest BCUT2D eigenvalue weighted by Crippen LogP contribution is -2.43. The summed E-state index contributed by atoms with van der Waals surface area (Å²) in [6.45, 7) is 3.98. The van der Waals surface area contributed by atoms with Gasteiger partial charge < -0.3 is 0 Å². The van der Waals surface area contributed by atoms with E-state index in [4.69, 9.17) is 0 Å². The highest BCUT2D eigenvalue weighted by molar-refractivity contribution is 7.77. The minimum atomic E-state index is -3.08. The molecule has 126 valence electrons. The molecule has 0 spiro atoms. The van der Waals surface area contributed by atoms with Gasteiger partial charge in [0.05, 0.1) is 6.07 Å². The molecule has 1 atom stereocenters. The van der Waals surface area contributed by atoms with Crippen molar-refractivity contribution in [1.29, 1.82) is 5.26 Å². The smallest absolute Gasteiger partial charge is 0.205 e. The van der Waals surface area contributed by atoms with Crippen LogP contribution in [0.15, 0.2) is 60.7 Å². The fourth-order valence-electron chi connectivity index (χ4n) is 2.77. The lowest BCUT2D eigenvalue weighted by atomic mass is 9.98. The molecular formula is C20H25N2OP. The minimum absolute atomic E-state index is 0.682. The van der Waals surface area contributed by atoms with Crippen molar-refractivity contribution in [2.45, 2.75) is 45.1 Å². The van der Waals surface area contributed by atoms with Gasteiger partial charge >= 0.3 is 0 Å². The van der Waals surface area contributed by atoms with Crippen LogP contribution in [0.2, 0.25) is 0 Å². The number of nitriles is 1. The molecule has 4 heteroatoms. The van der Waals surface area contributed by atoms with Gasteiger partial charge in [-0.15, -0.1) is 0 Å². The zero-order chi connectivity index (χ0) is 17.5. The number of unbranched alkanes of at least 4 members (excludes halogenated alkanes) is 2. The summed E-state index contributed by atoms with van der Waals surface area (Å²) < 4.78 is 14.0. The predicted molar refractivity (Wildman–Crippen MR) is 101 cm³/mol. The van der Waals surface area contributed by atoms with Crippen LogP contribution in [0.5, 0.6) is 0 Å². The van der Waals surface area contributed by atoms with Crippen molar-refractivity contribution in [1.82, 2.24) is 5.09 Å². The van der Waals surface area contributed by atoms with Gasteiger partial charge in [0, 0.05) is 10.6 Å². The average molecular weight is 340 g/mol. The quantitative estimate of drug-likeness (QED) is 0.573. The Morgan fingerprint density at radius 1 is 1.00 bits per heavy atom. The minimum Gasteiger partial charge on any atom is -0.296 e. The summed E-state index contributed by atoms with van der Waals surface area (Å²) in [5, 5.41) is 14.4. The first-order chi connectivity index (χ1) is 11.5. The van der Waals surface area contributed by atoms with Crippen molar-refractivity contribution in [3.63, 3.8) is 0 Å². The molecule has 0 heterocycles. The molecule has 0 saturated heterocycles. The van der Waals surface area contributed by atoms with E-state index in [9.17, 15) is 9.83 Å². The first kappa shape index (κ1) is 18.5. The number of nitrogens with one attached hydrogen (secondary N) is 1. The monoisotopic (exact) mass is 340 g/mol. The van der Waals surface area contributed by atoms with Gasteiger partial charge in [0.2, 0.25) is 7.29 Å². The lowest BCUT2D eigenvalue weighted by Gasteiger charge is -2.30. The summed E-state index contributed by atoms with van der Waals surface area (Å²) in [6, 6.07) is 21.2. The highest BCUT2D eigenvalue weighted by atomic mass is 31.2. The fourth-order valence-corrected chi connectivity index (χ4v) is 5.36. The van der Waals surface area contributed by atoms with E-state index in [1.165, 1.54) is 0 Å². The normalized spacial score (nSPS) is 13.9. The Balaban J connectivity index is 2.41. The van der Waals surface area contributed by atoms with E-state index in [0.29, 0.717) is 6.42 Å². The van der Waals surface area contributed by atoms with Crippen molar-refractivity contribution in [3.8, 4) is 6.07 Å². The van der Waals surface area contributed by atoms with Crippen molar-refractivity contribution in [2.24, 2.45) is 0 Å². The van der Waals surface area contributed by atoms with Gasteiger partial charge in [-0.1, -0.05) is 62.6 Å². The van der Waals surface area contributed by atoms with Crippen LogP contribution < -0.4 is 15.7 Å². The van der Waals surface area contributed by atoms with Gasteiger partial charge in [0.15, 0.2) is 0 Å². The van der Waals surface area contributed by atoms with Gasteiger partial charge in [-0.2, -0.15) is 5.26 Å². The molecule has 0 aromatic heterocycles. The van der Waals surface area contributed by atoms with Crippen molar-refractivity contribution in [2.75, 3.05) is 0 Å². The Kier molecular flexibility index (Phi) is 6.37. The topological polar surface area (TPSA) is 52.9 Å². The van der Waals surface area contributed by atoms with Crippen LogP contribution in [-0.4, -0.2) is 5.54 Å². The molecule has 1 N–H and O–H groups in total. The summed E-state index contributed by atoms with van der Waals surface area (Å²) in [6.07, 6.45) is 3.79. The van der Waals surface area contributed by atoms with Gasteiger partial charge in [-0.3, -0.25) is 4.57 Å². The van der Waals surface area contributed by atoms with Crippen LogP contribution in [0.25, 0.3) is 0 Å². The third-order valence-electron chi connectivity index (χ3n) is 4.17. The second-order valence-corrected chi connectivity index (χ2v) is 8.77. The molecule has 0 unspecified atom stereocenters. The maximum atomic E-state index is 14.0. The molecule has 0 fully saturated rings. The summed E-state index contributed by atoms with van der Waals surface area (Å²) in [4.78, 5) is 0. The molecule has 0 radical (unpaired) electrons. The molecular weight excluding hydrogens is 315 g/mol. The van der Waals surface area contributed by atoms with Gasteiger partial charge in [0.25, 0.3) is 0 Å². The number of hydrogen-bond acceptors (Lipinski definition) is 2. The Morgan fingerprint density at radius 2 is 1.50 bits per heavy atom. The standard InChI is InChI=1S/C20H25N2OP/c1-3-4-11-16-20(2,17-21)22-24(23,18-12-7-5-8-13-18)19-14-9-6-10-15-19/h5-10,12-15H,3-4,11,16H2,1-2H3,(H,22,23)/t20-/m0/s1. The Morgan fingerprint density at radius 3 is 1.92 bits per heavy atom. The third-order valence-corrected chi connectivity index (χ3v) is 7.03. The van der Waals surface area contributed by atoms with E-state index in [1.54, 1.807) is 0 Å². The van der Waals surface area contributed by atoms with E-state index in [-0.39, 0.29) is 0 Å².